The Kier molecular flexibility index (Phi) is 27.8. The zero-order chi connectivity index (χ0) is 36.5. The van der Waals surface area contributed by atoms with E-state index in [9.17, 15) is 9.59 Å². The van der Waals surface area contributed by atoms with Crippen molar-refractivity contribution in [1.29, 1.82) is 0 Å². The molecular formula is C46H73NO4. The minimum absolute atomic E-state index is 0.136. The Balaban J connectivity index is 1.58. The lowest BCUT2D eigenvalue weighted by molar-refractivity contribution is -0.148. The van der Waals surface area contributed by atoms with Crippen LogP contribution in [0.3, 0.4) is 0 Å². The van der Waals surface area contributed by atoms with Crippen LogP contribution in [0.2, 0.25) is 0 Å². The van der Waals surface area contributed by atoms with Crippen molar-refractivity contribution in [3.63, 3.8) is 0 Å². The number of carbonyl (C=O) groups excluding carboxylic acids is 2. The summed E-state index contributed by atoms with van der Waals surface area (Å²) >= 11 is 0. The third-order valence-electron chi connectivity index (χ3n) is 9.51. The molecule has 0 saturated heterocycles. The smallest absolute Gasteiger partial charge is 0.261 e. The maximum Gasteiger partial charge on any atom is 0.261 e. The Hall–Kier alpha value is -2.76. The van der Waals surface area contributed by atoms with Crippen LogP contribution in [0.4, 0.5) is 0 Å². The van der Waals surface area contributed by atoms with Crippen LogP contribution in [0.1, 0.15) is 189 Å². The number of rotatable bonds is 34. The molecule has 0 atom stereocenters. The van der Waals surface area contributed by atoms with E-state index in [1.54, 1.807) is 24.3 Å². The predicted octanol–water partition coefficient (Wildman–Crippen LogP) is 13.3. The molecule has 5 nitrogen and oxygen atoms in total. The summed E-state index contributed by atoms with van der Waals surface area (Å²) in [6, 6.07) is 7.05. The number of benzene rings is 1. The molecule has 0 aromatic heterocycles. The standard InChI is InChI=1S/C46H73NO4/c1-3-5-7-9-11-13-15-17-19-21-23-25-27-29-31-35-39-50-44(41-47-45(48)42-37-33-34-38-43(42)46(47)49)51-40-36-32-30-28-26-24-22-20-18-16-14-12-10-8-6-4-2/h11-14,17-20,33-34,37-38,44H,3-10,15-16,21-32,35-36,39-41H2,1-2H3. The van der Waals surface area contributed by atoms with E-state index in [2.05, 4.69) is 62.5 Å². The average molecular weight is 704 g/mol. The third-order valence-corrected chi connectivity index (χ3v) is 9.51. The zero-order valence-corrected chi connectivity index (χ0v) is 32.7. The molecule has 0 unspecified atom stereocenters. The van der Waals surface area contributed by atoms with Gasteiger partial charge in [-0.1, -0.05) is 152 Å². The highest BCUT2D eigenvalue weighted by Gasteiger charge is 2.36. The minimum Gasteiger partial charge on any atom is -0.351 e. The molecular weight excluding hydrogens is 631 g/mol. The predicted molar refractivity (Wildman–Crippen MR) is 216 cm³/mol. The normalized spacial score (nSPS) is 14.0. The second kappa shape index (κ2) is 31.9. The first-order valence-electron chi connectivity index (χ1n) is 21.0. The summed E-state index contributed by atoms with van der Waals surface area (Å²) in [5.41, 5.74) is 0.938. The van der Waals surface area contributed by atoms with Gasteiger partial charge in [-0.3, -0.25) is 14.5 Å². The highest BCUT2D eigenvalue weighted by Crippen LogP contribution is 2.23. The van der Waals surface area contributed by atoms with Gasteiger partial charge in [0.25, 0.3) is 11.8 Å². The van der Waals surface area contributed by atoms with Crippen LogP contribution in [-0.2, 0) is 9.47 Å². The summed E-state index contributed by atoms with van der Waals surface area (Å²) in [6.45, 7) is 5.78. The van der Waals surface area contributed by atoms with Crippen LogP contribution in [0.25, 0.3) is 0 Å². The molecule has 0 aliphatic carbocycles. The molecule has 51 heavy (non-hydrogen) atoms. The number of allylic oxidation sites excluding steroid dienone is 8. The molecule has 2 amide bonds. The zero-order valence-electron chi connectivity index (χ0n) is 32.7. The first kappa shape index (κ1) is 44.4. The number of hydrogen-bond donors (Lipinski definition) is 0. The van der Waals surface area contributed by atoms with E-state index < -0.39 is 6.29 Å². The molecule has 5 heteroatoms. The lowest BCUT2D eigenvalue weighted by Gasteiger charge is -2.23. The summed E-state index contributed by atoms with van der Waals surface area (Å²) in [5.74, 6) is -0.509. The van der Waals surface area contributed by atoms with Gasteiger partial charge in [-0.15, -0.1) is 0 Å². The molecule has 1 aliphatic rings. The summed E-state index contributed by atoms with van der Waals surface area (Å²) < 4.78 is 12.3. The molecule has 0 fully saturated rings. The maximum atomic E-state index is 13.0. The van der Waals surface area contributed by atoms with Crippen molar-refractivity contribution in [2.24, 2.45) is 0 Å². The molecule has 0 radical (unpaired) electrons. The number of imide groups is 1. The van der Waals surface area contributed by atoms with Gasteiger partial charge in [0, 0.05) is 13.2 Å². The number of ether oxygens (including phenoxy) is 2. The number of carbonyl (C=O) groups is 2. The van der Waals surface area contributed by atoms with E-state index >= 15 is 0 Å². The molecule has 286 valence electrons. The SMILES string of the molecule is CCCCCC=CCC=CCCCCCCCCOC(CN1C(=O)c2ccccc2C1=O)OCCCCCCCCC=CCC=CCCCCC. The molecule has 0 spiro atoms. The molecule has 1 aliphatic heterocycles. The Morgan fingerprint density at radius 3 is 1.24 bits per heavy atom. The molecule has 1 aromatic carbocycles. The van der Waals surface area contributed by atoms with Gasteiger partial charge >= 0.3 is 0 Å². The monoisotopic (exact) mass is 704 g/mol. The highest BCUT2D eigenvalue weighted by atomic mass is 16.7. The van der Waals surface area contributed by atoms with Crippen molar-refractivity contribution >= 4 is 11.8 Å². The molecule has 0 N–H and O–H groups in total. The molecule has 0 saturated carbocycles. The van der Waals surface area contributed by atoms with Crippen LogP contribution in [0.5, 0.6) is 0 Å². The van der Waals surface area contributed by atoms with Gasteiger partial charge in [0.15, 0.2) is 6.29 Å². The third kappa shape index (κ3) is 22.0. The second-order valence-corrected chi connectivity index (χ2v) is 14.1. The van der Waals surface area contributed by atoms with Gasteiger partial charge in [0.2, 0.25) is 0 Å². The summed E-state index contributed by atoms with van der Waals surface area (Å²) in [4.78, 5) is 27.3. The van der Waals surface area contributed by atoms with Gasteiger partial charge in [-0.25, -0.2) is 0 Å². The average Bonchev–Trinajstić information content (AvgIpc) is 3.38. The molecule has 0 bridgehead atoms. The number of nitrogens with zero attached hydrogens (tertiary/aromatic N) is 1. The van der Waals surface area contributed by atoms with E-state index in [-0.39, 0.29) is 18.4 Å². The Labute approximate surface area is 313 Å². The van der Waals surface area contributed by atoms with E-state index in [0.29, 0.717) is 24.3 Å². The fourth-order valence-electron chi connectivity index (χ4n) is 6.32. The van der Waals surface area contributed by atoms with Crippen LogP contribution in [0.15, 0.2) is 72.9 Å². The van der Waals surface area contributed by atoms with Gasteiger partial charge in [0.1, 0.15) is 0 Å². The van der Waals surface area contributed by atoms with E-state index in [4.69, 9.17) is 9.47 Å². The number of unbranched alkanes of at least 4 members (excludes halogenated alkanes) is 18. The van der Waals surface area contributed by atoms with Crippen LogP contribution in [0, 0.1) is 0 Å². The fourth-order valence-corrected chi connectivity index (χ4v) is 6.32. The minimum atomic E-state index is -0.594. The largest absolute Gasteiger partial charge is 0.351 e. The first-order valence-corrected chi connectivity index (χ1v) is 21.0. The molecule has 1 heterocycles. The van der Waals surface area contributed by atoms with E-state index in [1.165, 1.54) is 120 Å². The highest BCUT2D eigenvalue weighted by molar-refractivity contribution is 6.21. The van der Waals surface area contributed by atoms with Crippen molar-refractivity contribution in [2.45, 2.75) is 174 Å². The fraction of sp³-hybridized carbons (Fsp3) is 0.652. The topological polar surface area (TPSA) is 55.8 Å². The number of fused-ring (bicyclic) bond motifs is 1. The number of amides is 2. The first-order chi connectivity index (χ1) is 25.2. The summed E-state index contributed by atoms with van der Waals surface area (Å²) in [6.07, 6.45) is 46.7. The second-order valence-electron chi connectivity index (χ2n) is 14.1. The van der Waals surface area contributed by atoms with Crippen molar-refractivity contribution in [1.82, 2.24) is 4.90 Å². The van der Waals surface area contributed by atoms with Crippen molar-refractivity contribution < 1.29 is 19.1 Å². The molecule has 1 aromatic rings. The van der Waals surface area contributed by atoms with Crippen molar-refractivity contribution in [3.05, 3.63) is 84.0 Å². The number of hydrogen-bond acceptors (Lipinski definition) is 4. The van der Waals surface area contributed by atoms with Gasteiger partial charge in [-0.2, -0.15) is 0 Å². The Morgan fingerprint density at radius 1 is 0.490 bits per heavy atom. The summed E-state index contributed by atoms with van der Waals surface area (Å²) in [5, 5.41) is 0. The van der Waals surface area contributed by atoms with Crippen molar-refractivity contribution in [2.75, 3.05) is 19.8 Å². The quantitative estimate of drug-likeness (QED) is 0.0310. The summed E-state index contributed by atoms with van der Waals surface area (Å²) in [7, 11) is 0. The Morgan fingerprint density at radius 2 is 0.843 bits per heavy atom. The maximum absolute atomic E-state index is 13.0. The molecule has 2 rings (SSSR count). The van der Waals surface area contributed by atoms with Gasteiger partial charge < -0.3 is 9.47 Å². The van der Waals surface area contributed by atoms with E-state index in [1.807, 2.05) is 0 Å². The van der Waals surface area contributed by atoms with Crippen LogP contribution >= 0.6 is 0 Å². The lowest BCUT2D eigenvalue weighted by atomic mass is 10.1. The lowest BCUT2D eigenvalue weighted by Crippen LogP contribution is -2.39. The van der Waals surface area contributed by atoms with Gasteiger partial charge in [0.05, 0.1) is 17.7 Å². The van der Waals surface area contributed by atoms with E-state index in [0.717, 1.165) is 38.5 Å². The Bertz CT molecular complexity index is 1050. The van der Waals surface area contributed by atoms with Crippen LogP contribution in [-0.4, -0.2) is 42.8 Å². The van der Waals surface area contributed by atoms with Crippen LogP contribution < -0.4 is 0 Å². The van der Waals surface area contributed by atoms with Gasteiger partial charge in [-0.05, 0) is 89.2 Å². The van der Waals surface area contributed by atoms with Crippen molar-refractivity contribution in [3.8, 4) is 0 Å².